The van der Waals surface area contributed by atoms with Gasteiger partial charge in [0, 0.05) is 45.2 Å². The number of nitrogens with zero attached hydrogens (tertiary/aromatic N) is 2. The molecule has 0 saturated carbocycles. The van der Waals surface area contributed by atoms with Crippen LogP contribution < -0.4 is 10.6 Å². The van der Waals surface area contributed by atoms with Gasteiger partial charge in [0.15, 0.2) is 0 Å². The quantitative estimate of drug-likeness (QED) is 0.875. The molecule has 0 radical (unpaired) electrons. The molecule has 0 aliphatic carbocycles. The summed E-state index contributed by atoms with van der Waals surface area (Å²) in [5.41, 5.74) is 0.764. The van der Waals surface area contributed by atoms with Crippen molar-refractivity contribution >= 4 is 11.9 Å². The zero-order chi connectivity index (χ0) is 17.9. The van der Waals surface area contributed by atoms with Crippen molar-refractivity contribution < 1.29 is 9.59 Å². The third-order valence-corrected chi connectivity index (χ3v) is 5.19. The van der Waals surface area contributed by atoms with Gasteiger partial charge in [0.2, 0.25) is 5.91 Å². The lowest BCUT2D eigenvalue weighted by Gasteiger charge is -2.34. The van der Waals surface area contributed by atoms with Crippen molar-refractivity contribution in [3.8, 4) is 0 Å². The summed E-state index contributed by atoms with van der Waals surface area (Å²) in [5, 5.41) is 6.18. The highest BCUT2D eigenvalue weighted by Gasteiger charge is 2.44. The number of carbonyl (C=O) groups excluding carboxylic acids is 2. The van der Waals surface area contributed by atoms with Gasteiger partial charge in [-0.15, -0.1) is 0 Å². The number of hydrogen-bond donors (Lipinski definition) is 2. The Morgan fingerprint density at radius 2 is 2.00 bits per heavy atom. The minimum Gasteiger partial charge on any atom is -0.347 e. The summed E-state index contributed by atoms with van der Waals surface area (Å²) in [5.74, 6) is 0.0923. The normalized spacial score (nSPS) is 24.4. The van der Waals surface area contributed by atoms with Crippen LogP contribution in [0.1, 0.15) is 32.3 Å². The molecule has 3 rings (SSSR count). The molecular weight excluding hydrogens is 316 g/mol. The molecule has 3 amide bonds. The summed E-state index contributed by atoms with van der Waals surface area (Å²) in [7, 11) is 0. The SMILES string of the molecule is CC(C)N1CCC(=O)NC2(CCN(C(=O)NCc3ccccc3)C2)C1. The molecular formula is C19H28N4O2. The van der Waals surface area contributed by atoms with Crippen LogP contribution in [0.3, 0.4) is 0 Å². The zero-order valence-electron chi connectivity index (χ0n) is 15.1. The molecule has 1 aromatic rings. The Hall–Kier alpha value is -2.08. The van der Waals surface area contributed by atoms with E-state index in [1.807, 2.05) is 35.2 Å². The van der Waals surface area contributed by atoms with Gasteiger partial charge in [0.05, 0.1) is 5.54 Å². The topological polar surface area (TPSA) is 64.7 Å². The maximum Gasteiger partial charge on any atom is 0.317 e. The van der Waals surface area contributed by atoms with E-state index in [9.17, 15) is 9.59 Å². The minimum atomic E-state index is -0.318. The molecule has 0 aromatic heterocycles. The number of nitrogens with one attached hydrogen (secondary N) is 2. The Kier molecular flexibility index (Phi) is 5.27. The summed E-state index contributed by atoms with van der Waals surface area (Å²) in [6.07, 6.45) is 1.33. The van der Waals surface area contributed by atoms with Crippen molar-refractivity contribution in [2.24, 2.45) is 0 Å². The summed E-state index contributed by atoms with van der Waals surface area (Å²) in [6, 6.07) is 10.2. The monoisotopic (exact) mass is 344 g/mol. The van der Waals surface area contributed by atoms with E-state index >= 15 is 0 Å². The van der Waals surface area contributed by atoms with E-state index < -0.39 is 0 Å². The fourth-order valence-electron chi connectivity index (χ4n) is 3.71. The second-order valence-electron chi connectivity index (χ2n) is 7.46. The van der Waals surface area contributed by atoms with Crippen molar-refractivity contribution in [1.82, 2.24) is 20.4 Å². The molecule has 6 heteroatoms. The Morgan fingerprint density at radius 3 is 2.72 bits per heavy atom. The lowest BCUT2D eigenvalue weighted by Crippen LogP contribution is -2.56. The Labute approximate surface area is 149 Å². The van der Waals surface area contributed by atoms with Crippen molar-refractivity contribution in [3.05, 3.63) is 35.9 Å². The second kappa shape index (κ2) is 7.44. The maximum absolute atomic E-state index is 12.5. The predicted molar refractivity (Wildman–Crippen MR) is 97.1 cm³/mol. The average molecular weight is 344 g/mol. The van der Waals surface area contributed by atoms with Crippen LogP contribution in [0.15, 0.2) is 30.3 Å². The number of benzene rings is 1. The lowest BCUT2D eigenvalue weighted by molar-refractivity contribution is -0.122. The number of rotatable bonds is 3. The van der Waals surface area contributed by atoms with Gasteiger partial charge in [-0.25, -0.2) is 4.79 Å². The molecule has 136 valence electrons. The van der Waals surface area contributed by atoms with Gasteiger partial charge in [-0.05, 0) is 25.8 Å². The summed E-state index contributed by atoms with van der Waals surface area (Å²) >= 11 is 0. The third kappa shape index (κ3) is 4.31. The molecule has 2 N–H and O–H groups in total. The highest BCUT2D eigenvalue weighted by atomic mass is 16.2. The van der Waals surface area contributed by atoms with Crippen LogP contribution in [0.25, 0.3) is 0 Å². The molecule has 1 atom stereocenters. The fourth-order valence-corrected chi connectivity index (χ4v) is 3.71. The summed E-state index contributed by atoms with van der Waals surface area (Å²) < 4.78 is 0. The summed E-state index contributed by atoms with van der Waals surface area (Å²) in [6.45, 7) is 7.67. The van der Waals surface area contributed by atoms with E-state index in [0.29, 0.717) is 32.1 Å². The molecule has 25 heavy (non-hydrogen) atoms. The molecule has 2 fully saturated rings. The number of hydrogen-bond acceptors (Lipinski definition) is 3. The van der Waals surface area contributed by atoms with Gasteiger partial charge in [-0.3, -0.25) is 9.69 Å². The van der Waals surface area contributed by atoms with Gasteiger partial charge in [0.25, 0.3) is 0 Å². The van der Waals surface area contributed by atoms with Crippen LogP contribution >= 0.6 is 0 Å². The third-order valence-electron chi connectivity index (χ3n) is 5.19. The first-order valence-electron chi connectivity index (χ1n) is 9.09. The van der Waals surface area contributed by atoms with Crippen molar-refractivity contribution in [2.45, 2.75) is 44.8 Å². The first kappa shape index (κ1) is 17.7. The van der Waals surface area contributed by atoms with Gasteiger partial charge in [0.1, 0.15) is 0 Å². The first-order valence-corrected chi connectivity index (χ1v) is 9.09. The number of amides is 3. The van der Waals surface area contributed by atoms with E-state index in [0.717, 1.165) is 25.1 Å². The second-order valence-corrected chi connectivity index (χ2v) is 7.46. The van der Waals surface area contributed by atoms with Crippen LogP contribution in [0, 0.1) is 0 Å². The highest BCUT2D eigenvalue weighted by Crippen LogP contribution is 2.26. The fraction of sp³-hybridized carbons (Fsp3) is 0.579. The molecule has 1 aromatic carbocycles. The van der Waals surface area contributed by atoms with Gasteiger partial charge >= 0.3 is 6.03 Å². The predicted octanol–water partition coefficient (Wildman–Crippen LogP) is 1.57. The molecule has 2 aliphatic heterocycles. The van der Waals surface area contributed by atoms with E-state index in [4.69, 9.17) is 0 Å². The molecule has 2 saturated heterocycles. The number of carbonyl (C=O) groups is 2. The molecule has 6 nitrogen and oxygen atoms in total. The number of likely N-dealkylation sites (tertiary alicyclic amines) is 1. The molecule has 2 aliphatic rings. The molecule has 1 unspecified atom stereocenters. The van der Waals surface area contributed by atoms with Crippen molar-refractivity contribution in [3.63, 3.8) is 0 Å². The Morgan fingerprint density at radius 1 is 1.24 bits per heavy atom. The zero-order valence-corrected chi connectivity index (χ0v) is 15.1. The smallest absolute Gasteiger partial charge is 0.317 e. The van der Waals surface area contributed by atoms with E-state index in [1.54, 1.807) is 0 Å². The van der Waals surface area contributed by atoms with Crippen LogP contribution in [-0.2, 0) is 11.3 Å². The summed E-state index contributed by atoms with van der Waals surface area (Å²) in [4.78, 5) is 28.8. The lowest BCUT2D eigenvalue weighted by atomic mass is 9.97. The van der Waals surface area contributed by atoms with Gasteiger partial charge < -0.3 is 15.5 Å². The first-order chi connectivity index (χ1) is 12.0. The van der Waals surface area contributed by atoms with E-state index in [1.165, 1.54) is 0 Å². The average Bonchev–Trinajstić information content (AvgIpc) is 2.92. The van der Waals surface area contributed by atoms with Crippen molar-refractivity contribution in [1.29, 1.82) is 0 Å². The van der Waals surface area contributed by atoms with Gasteiger partial charge in [-0.2, -0.15) is 0 Å². The van der Waals surface area contributed by atoms with Crippen LogP contribution in [0.4, 0.5) is 4.79 Å². The largest absolute Gasteiger partial charge is 0.347 e. The van der Waals surface area contributed by atoms with Crippen LogP contribution in [0.2, 0.25) is 0 Å². The minimum absolute atomic E-state index is 0.0599. The van der Waals surface area contributed by atoms with Crippen molar-refractivity contribution in [2.75, 3.05) is 26.2 Å². The standard InChI is InChI=1S/C19H28N4O2/c1-15(2)22-10-8-17(24)21-19(13-22)9-11-23(14-19)18(25)20-12-16-6-4-3-5-7-16/h3-7,15H,8-14H2,1-2H3,(H,20,25)(H,21,24). The van der Waals surface area contributed by atoms with E-state index in [-0.39, 0.29) is 17.5 Å². The maximum atomic E-state index is 12.5. The number of urea groups is 1. The Bertz CT molecular complexity index is 619. The molecule has 2 heterocycles. The Balaban J connectivity index is 1.61. The highest BCUT2D eigenvalue weighted by molar-refractivity contribution is 5.78. The molecule has 1 spiro atoms. The van der Waals surface area contributed by atoms with Gasteiger partial charge in [-0.1, -0.05) is 30.3 Å². The van der Waals surface area contributed by atoms with Crippen LogP contribution in [0.5, 0.6) is 0 Å². The molecule has 0 bridgehead atoms. The van der Waals surface area contributed by atoms with E-state index in [2.05, 4.69) is 29.4 Å². The van der Waals surface area contributed by atoms with Crippen LogP contribution in [-0.4, -0.2) is 59.5 Å².